The lowest BCUT2D eigenvalue weighted by molar-refractivity contribution is 0.0884. The molecule has 2 rings (SSSR count). The van der Waals surface area contributed by atoms with Crippen molar-refractivity contribution in [2.45, 2.75) is 19.1 Å². The second-order valence-corrected chi connectivity index (χ2v) is 6.29. The highest BCUT2D eigenvalue weighted by molar-refractivity contribution is 14.1. The number of nitrogens with zero attached hydrogens (tertiary/aromatic N) is 2. The molecule has 0 aliphatic rings. The largest absolute Gasteiger partial charge is 0.383 e. The van der Waals surface area contributed by atoms with Crippen LogP contribution in [0.4, 0.5) is 0 Å². The van der Waals surface area contributed by atoms with Gasteiger partial charge in [0.1, 0.15) is 5.60 Å². The first-order chi connectivity index (χ1) is 9.46. The third kappa shape index (κ3) is 3.16. The fraction of sp³-hybridized carbons (Fsp3) is 0.357. The van der Waals surface area contributed by atoms with E-state index in [0.717, 1.165) is 9.13 Å². The summed E-state index contributed by atoms with van der Waals surface area (Å²) in [5.41, 5.74) is 0.155. The summed E-state index contributed by atoms with van der Waals surface area (Å²) in [6.07, 6.45) is 1.55. The molecule has 2 aromatic rings. The average Bonchev–Trinajstić information content (AvgIpc) is 2.78. The van der Waals surface area contributed by atoms with Gasteiger partial charge in [-0.05, 0) is 47.2 Å². The predicted molar refractivity (Wildman–Crippen MR) is 86.9 cm³/mol. The van der Waals surface area contributed by atoms with Crippen LogP contribution in [0.2, 0.25) is 5.02 Å². The highest BCUT2D eigenvalue weighted by atomic mass is 127. The fourth-order valence-corrected chi connectivity index (χ4v) is 2.79. The predicted octanol–water partition coefficient (Wildman–Crippen LogP) is 3.04. The Balaban J connectivity index is 2.42. The number of hydrogen-bond acceptors (Lipinski definition) is 3. The molecule has 0 fully saturated rings. The van der Waals surface area contributed by atoms with Gasteiger partial charge in [-0.1, -0.05) is 23.7 Å². The van der Waals surface area contributed by atoms with Gasteiger partial charge in [0.15, 0.2) is 0 Å². The van der Waals surface area contributed by atoms with Crippen molar-refractivity contribution in [3.63, 3.8) is 0 Å². The zero-order chi connectivity index (χ0) is 14.8. The van der Waals surface area contributed by atoms with Crippen molar-refractivity contribution in [1.29, 1.82) is 0 Å². The van der Waals surface area contributed by atoms with Crippen LogP contribution in [0.25, 0.3) is 0 Å². The lowest BCUT2D eigenvalue weighted by Crippen LogP contribution is -2.28. The first-order valence-electron chi connectivity index (χ1n) is 6.16. The van der Waals surface area contributed by atoms with Crippen molar-refractivity contribution in [3.8, 4) is 0 Å². The maximum atomic E-state index is 10.9. The Hall–Kier alpha value is -0.630. The van der Waals surface area contributed by atoms with E-state index < -0.39 is 5.60 Å². The maximum Gasteiger partial charge on any atom is 0.130 e. The van der Waals surface area contributed by atoms with E-state index in [9.17, 15) is 5.11 Å². The summed E-state index contributed by atoms with van der Waals surface area (Å²) >= 11 is 8.43. The molecule has 1 N–H and O–H groups in total. The Kier molecular flexibility index (Phi) is 5.06. The molecule has 1 aromatic heterocycles. The van der Waals surface area contributed by atoms with Crippen molar-refractivity contribution in [1.82, 2.24) is 9.78 Å². The van der Waals surface area contributed by atoms with E-state index in [-0.39, 0.29) is 0 Å². The van der Waals surface area contributed by atoms with E-state index in [0.29, 0.717) is 23.9 Å². The van der Waals surface area contributed by atoms with E-state index in [2.05, 4.69) is 27.7 Å². The highest BCUT2D eigenvalue weighted by Crippen LogP contribution is 2.34. The van der Waals surface area contributed by atoms with Crippen LogP contribution in [0.15, 0.2) is 30.5 Å². The lowest BCUT2D eigenvalue weighted by Gasteiger charge is -2.25. The summed E-state index contributed by atoms with van der Waals surface area (Å²) in [7, 11) is 1.63. The van der Waals surface area contributed by atoms with Crippen LogP contribution in [0.1, 0.15) is 18.2 Å². The Bertz CT molecular complexity index is 581. The van der Waals surface area contributed by atoms with E-state index in [1.54, 1.807) is 24.9 Å². The smallest absolute Gasteiger partial charge is 0.130 e. The molecule has 0 aliphatic carbocycles. The molecule has 20 heavy (non-hydrogen) atoms. The van der Waals surface area contributed by atoms with Gasteiger partial charge in [0.05, 0.1) is 30.1 Å². The molecule has 0 saturated carbocycles. The number of aliphatic hydroxyl groups is 1. The van der Waals surface area contributed by atoms with Gasteiger partial charge in [0, 0.05) is 10.7 Å². The number of methoxy groups -OCH3 is 1. The summed E-state index contributed by atoms with van der Waals surface area (Å²) in [5.74, 6) is 0. The lowest BCUT2D eigenvalue weighted by atomic mass is 9.92. The molecular weight excluding hydrogens is 391 g/mol. The van der Waals surface area contributed by atoms with Gasteiger partial charge in [0.25, 0.3) is 0 Å². The average molecular weight is 407 g/mol. The number of ether oxygens (including phenoxy) is 1. The molecular formula is C14H16ClIN2O2. The fourth-order valence-electron chi connectivity index (χ4n) is 2.10. The third-order valence-electron chi connectivity index (χ3n) is 3.17. The Morgan fingerprint density at radius 2 is 2.05 bits per heavy atom. The monoisotopic (exact) mass is 406 g/mol. The van der Waals surface area contributed by atoms with E-state index in [1.807, 2.05) is 24.3 Å². The maximum absolute atomic E-state index is 10.9. The molecule has 0 bridgehead atoms. The molecule has 1 unspecified atom stereocenters. The van der Waals surface area contributed by atoms with Crippen molar-refractivity contribution in [3.05, 3.63) is 50.3 Å². The number of halogens is 2. The van der Waals surface area contributed by atoms with Crippen LogP contribution in [-0.4, -0.2) is 28.6 Å². The van der Waals surface area contributed by atoms with Crippen LogP contribution in [0.5, 0.6) is 0 Å². The van der Waals surface area contributed by atoms with Gasteiger partial charge in [-0.15, -0.1) is 0 Å². The van der Waals surface area contributed by atoms with Gasteiger partial charge < -0.3 is 9.84 Å². The van der Waals surface area contributed by atoms with Crippen molar-refractivity contribution in [2.24, 2.45) is 0 Å². The quantitative estimate of drug-likeness (QED) is 0.777. The summed E-state index contributed by atoms with van der Waals surface area (Å²) in [6.45, 7) is 2.77. The molecule has 1 atom stereocenters. The van der Waals surface area contributed by atoms with Crippen LogP contribution in [0.3, 0.4) is 0 Å². The minimum absolute atomic E-state index is 0.449. The Morgan fingerprint density at radius 1 is 1.40 bits per heavy atom. The number of benzene rings is 1. The van der Waals surface area contributed by atoms with Gasteiger partial charge in [-0.2, -0.15) is 5.10 Å². The molecule has 0 saturated heterocycles. The molecule has 0 amide bonds. The van der Waals surface area contributed by atoms with Crippen LogP contribution < -0.4 is 0 Å². The molecule has 6 heteroatoms. The van der Waals surface area contributed by atoms with E-state index >= 15 is 0 Å². The Labute approximate surface area is 136 Å². The summed E-state index contributed by atoms with van der Waals surface area (Å²) in [4.78, 5) is 0. The molecule has 0 radical (unpaired) electrons. The molecule has 1 heterocycles. The normalized spacial score (nSPS) is 14.2. The second-order valence-electron chi connectivity index (χ2n) is 4.64. The van der Waals surface area contributed by atoms with E-state index in [4.69, 9.17) is 16.3 Å². The third-order valence-corrected chi connectivity index (χ3v) is 4.17. The minimum atomic E-state index is -1.20. The summed E-state index contributed by atoms with van der Waals surface area (Å²) in [5, 5.41) is 15.6. The van der Waals surface area contributed by atoms with Gasteiger partial charge in [0.2, 0.25) is 0 Å². The first-order valence-corrected chi connectivity index (χ1v) is 7.61. The molecule has 4 nitrogen and oxygen atoms in total. The first kappa shape index (κ1) is 15.8. The van der Waals surface area contributed by atoms with Crippen molar-refractivity contribution in [2.75, 3.05) is 13.7 Å². The second kappa shape index (κ2) is 6.43. The van der Waals surface area contributed by atoms with Crippen molar-refractivity contribution < 1.29 is 9.84 Å². The number of hydrogen-bond donors (Lipinski definition) is 1. The van der Waals surface area contributed by atoms with Crippen LogP contribution >= 0.6 is 34.2 Å². The number of rotatable bonds is 5. The van der Waals surface area contributed by atoms with E-state index in [1.165, 1.54) is 0 Å². The van der Waals surface area contributed by atoms with Gasteiger partial charge in [-0.25, -0.2) is 0 Å². The molecule has 0 spiro atoms. The van der Waals surface area contributed by atoms with Crippen molar-refractivity contribution >= 4 is 34.2 Å². The summed E-state index contributed by atoms with van der Waals surface area (Å²) in [6, 6.07) is 7.69. The highest BCUT2D eigenvalue weighted by Gasteiger charge is 2.32. The molecule has 1 aromatic carbocycles. The van der Waals surface area contributed by atoms with Crippen LogP contribution in [0, 0.1) is 3.57 Å². The zero-order valence-electron chi connectivity index (χ0n) is 11.3. The van der Waals surface area contributed by atoms with Gasteiger partial charge in [-0.3, -0.25) is 4.68 Å². The Morgan fingerprint density at radius 3 is 2.65 bits per heavy atom. The van der Waals surface area contributed by atoms with Gasteiger partial charge >= 0.3 is 0 Å². The summed E-state index contributed by atoms with van der Waals surface area (Å²) < 4.78 is 7.85. The minimum Gasteiger partial charge on any atom is -0.383 e. The molecule has 0 aliphatic heterocycles. The zero-order valence-corrected chi connectivity index (χ0v) is 14.2. The topological polar surface area (TPSA) is 47.3 Å². The SMILES string of the molecule is COCCn1ncc(Cl)c1C(C)(O)c1ccc(I)cc1. The standard InChI is InChI=1S/C14H16ClIN2O2/c1-14(19,10-3-5-11(16)6-4-10)13-12(15)9-17-18(13)7-8-20-2/h3-6,9,19H,7-8H2,1-2H3. The van der Waals surface area contributed by atoms with Crippen LogP contribution in [-0.2, 0) is 16.9 Å². The molecule has 108 valence electrons. The number of aromatic nitrogens is 2.